The molecule has 2 aromatic rings. The molecule has 8 nitrogen and oxygen atoms in total. The van der Waals surface area contributed by atoms with Gasteiger partial charge >= 0.3 is 5.97 Å². The predicted molar refractivity (Wildman–Crippen MR) is 126 cm³/mol. The zero-order valence-corrected chi connectivity index (χ0v) is 18.4. The van der Waals surface area contributed by atoms with Crippen molar-refractivity contribution < 1.29 is 9.90 Å². The van der Waals surface area contributed by atoms with Crippen LogP contribution in [0.25, 0.3) is 0 Å². The first kappa shape index (κ1) is 22.6. The molecule has 8 heteroatoms. The minimum atomic E-state index is -1.10. The Kier molecular flexibility index (Phi) is 6.82. The van der Waals surface area contributed by atoms with E-state index in [1.165, 1.54) is 0 Å². The molecule has 2 heterocycles. The van der Waals surface area contributed by atoms with E-state index < -0.39 is 23.0 Å². The van der Waals surface area contributed by atoms with Crippen LogP contribution in [-0.2, 0) is 15.9 Å². The summed E-state index contributed by atoms with van der Waals surface area (Å²) in [5.41, 5.74) is 0.0547. The van der Waals surface area contributed by atoms with Crippen molar-refractivity contribution in [1.82, 2.24) is 0 Å². The van der Waals surface area contributed by atoms with Gasteiger partial charge in [-0.1, -0.05) is 80.4 Å². The van der Waals surface area contributed by atoms with Crippen LogP contribution in [0.15, 0.2) is 91.5 Å². The van der Waals surface area contributed by atoms with E-state index in [1.807, 2.05) is 60.7 Å². The fourth-order valence-corrected chi connectivity index (χ4v) is 4.87. The molecule has 4 rings (SSSR count). The monoisotopic (exact) mass is 443 g/mol. The molecule has 4 atom stereocenters. The van der Waals surface area contributed by atoms with Crippen molar-refractivity contribution in [2.24, 2.45) is 42.7 Å². The van der Waals surface area contributed by atoms with Gasteiger partial charge in [-0.05, 0) is 46.8 Å². The van der Waals surface area contributed by atoms with Crippen LogP contribution >= 0.6 is 0 Å². The zero-order valence-electron chi connectivity index (χ0n) is 18.4. The van der Waals surface area contributed by atoms with Gasteiger partial charge in [-0.15, -0.1) is 10.2 Å². The van der Waals surface area contributed by atoms with E-state index in [2.05, 4.69) is 37.8 Å². The van der Waals surface area contributed by atoms with Crippen molar-refractivity contribution in [1.29, 1.82) is 0 Å². The molecule has 1 radical (unpaired) electrons. The van der Waals surface area contributed by atoms with E-state index in [1.54, 1.807) is 12.4 Å². The summed E-state index contributed by atoms with van der Waals surface area (Å²) in [6.45, 7) is 4.05. The van der Waals surface area contributed by atoms with E-state index in [0.717, 1.165) is 30.4 Å². The van der Waals surface area contributed by atoms with E-state index >= 15 is 0 Å². The van der Waals surface area contributed by atoms with Crippen molar-refractivity contribution in [3.05, 3.63) is 78.7 Å². The lowest BCUT2D eigenvalue weighted by Gasteiger charge is -2.33. The molecule has 2 aliphatic heterocycles. The number of carboxylic acids is 1. The van der Waals surface area contributed by atoms with Crippen LogP contribution < -0.4 is 0 Å². The summed E-state index contributed by atoms with van der Waals surface area (Å²) in [5.74, 6) is -1.62. The second-order valence-corrected chi connectivity index (χ2v) is 8.41. The molecular weight excluding hydrogens is 416 g/mol. The maximum Gasteiger partial charge on any atom is 0.309 e. The largest absolute Gasteiger partial charge is 0.481 e. The highest BCUT2D eigenvalue weighted by Crippen LogP contribution is 2.43. The molecular formula is C25H27N6O2. The van der Waals surface area contributed by atoms with Gasteiger partial charge in [0, 0.05) is 0 Å². The Balaban J connectivity index is 1.56. The fourth-order valence-electron chi connectivity index (χ4n) is 4.87. The van der Waals surface area contributed by atoms with Gasteiger partial charge in [0.05, 0.1) is 18.3 Å². The number of benzene rings is 2. The smallest absolute Gasteiger partial charge is 0.309 e. The molecule has 33 heavy (non-hydrogen) atoms. The van der Waals surface area contributed by atoms with Crippen LogP contribution in [-0.4, -0.2) is 23.5 Å². The highest BCUT2D eigenvalue weighted by atomic mass is 16.4. The standard InChI is InChI=1S/C25H27N6O2/c1-2-10-19(24(17-26-30-28-24)20-11-5-3-6-12-20)15-9-16-22(23(32)33)25(18-27-31-29-25)21-13-7-4-8-14-21/h3-8,11-14,17-19,22H,1-2,9-10,15-16H2,(H,32,33). The number of carbonyl (C=O) groups is 1. The van der Waals surface area contributed by atoms with Gasteiger partial charge < -0.3 is 5.11 Å². The van der Waals surface area contributed by atoms with Crippen molar-refractivity contribution in [3.63, 3.8) is 0 Å². The molecule has 0 spiro atoms. The van der Waals surface area contributed by atoms with Gasteiger partial charge in [-0.25, -0.2) is 0 Å². The summed E-state index contributed by atoms with van der Waals surface area (Å²) in [4.78, 5) is 12.4. The summed E-state index contributed by atoms with van der Waals surface area (Å²) in [6.07, 6.45) is 6.75. The average Bonchev–Trinajstić information content (AvgIpc) is 3.54. The first-order chi connectivity index (χ1) is 16.1. The third kappa shape index (κ3) is 4.37. The number of hydrogen-bond donors (Lipinski definition) is 1. The predicted octanol–water partition coefficient (Wildman–Crippen LogP) is 5.78. The molecule has 0 amide bonds. The first-order valence-electron chi connectivity index (χ1n) is 11.2. The van der Waals surface area contributed by atoms with Crippen molar-refractivity contribution >= 4 is 18.4 Å². The number of hydrogen-bond acceptors (Lipinski definition) is 7. The van der Waals surface area contributed by atoms with Crippen LogP contribution in [0.2, 0.25) is 0 Å². The lowest BCUT2D eigenvalue weighted by molar-refractivity contribution is -0.143. The molecule has 0 saturated heterocycles. The lowest BCUT2D eigenvalue weighted by Crippen LogP contribution is -2.39. The SMILES string of the molecule is [CH2]CCC(CCCC(C(=O)O)C1(c2ccccc2)C=NN=N1)C1(c2ccccc2)C=NN=N1. The molecule has 1 N–H and O–H groups in total. The lowest BCUT2D eigenvalue weighted by atomic mass is 9.73. The highest BCUT2D eigenvalue weighted by molar-refractivity contribution is 5.84. The van der Waals surface area contributed by atoms with Crippen LogP contribution in [0, 0.1) is 18.8 Å². The molecule has 0 fully saturated rings. The van der Waals surface area contributed by atoms with Gasteiger partial charge in [0.15, 0.2) is 5.54 Å². The number of rotatable bonds is 11. The molecule has 0 saturated carbocycles. The summed E-state index contributed by atoms with van der Waals surface area (Å²) < 4.78 is 0. The molecule has 0 aliphatic carbocycles. The normalized spacial score (nSPS) is 24.9. The quantitative estimate of drug-likeness (QED) is 0.474. The number of carboxylic acid groups (broad SMARTS) is 1. The Hall–Kier alpha value is -3.55. The Labute approximate surface area is 193 Å². The van der Waals surface area contributed by atoms with Crippen LogP contribution in [0.5, 0.6) is 0 Å². The number of nitrogens with zero attached hydrogens (tertiary/aromatic N) is 6. The van der Waals surface area contributed by atoms with Crippen LogP contribution in [0.1, 0.15) is 43.2 Å². The van der Waals surface area contributed by atoms with E-state index in [4.69, 9.17) is 0 Å². The van der Waals surface area contributed by atoms with Crippen molar-refractivity contribution in [3.8, 4) is 0 Å². The average molecular weight is 444 g/mol. The summed E-state index contributed by atoms with van der Waals surface area (Å²) in [7, 11) is 0. The molecule has 0 aromatic heterocycles. The minimum Gasteiger partial charge on any atom is -0.481 e. The Morgan fingerprint density at radius 3 is 1.85 bits per heavy atom. The van der Waals surface area contributed by atoms with Crippen molar-refractivity contribution in [2.45, 2.75) is 43.2 Å². The fraction of sp³-hybridized carbons (Fsp3) is 0.360. The van der Waals surface area contributed by atoms with Gasteiger partial charge in [0.2, 0.25) is 0 Å². The molecule has 169 valence electrons. The Morgan fingerprint density at radius 1 is 0.818 bits per heavy atom. The van der Waals surface area contributed by atoms with Crippen molar-refractivity contribution in [2.75, 3.05) is 0 Å². The molecule has 2 aromatic carbocycles. The molecule has 4 unspecified atom stereocenters. The van der Waals surface area contributed by atoms with Gasteiger partial charge in [0.25, 0.3) is 0 Å². The second kappa shape index (κ2) is 9.94. The molecule has 0 bridgehead atoms. The van der Waals surface area contributed by atoms with E-state index in [9.17, 15) is 9.90 Å². The molecule has 2 aliphatic rings. The first-order valence-corrected chi connectivity index (χ1v) is 11.2. The maximum atomic E-state index is 12.4. The third-order valence-electron chi connectivity index (χ3n) is 6.55. The maximum absolute atomic E-state index is 12.4. The summed E-state index contributed by atoms with van der Waals surface area (Å²) in [5, 5.41) is 34.7. The van der Waals surface area contributed by atoms with Crippen LogP contribution in [0.4, 0.5) is 0 Å². The Bertz CT molecular complexity index is 1040. The Morgan fingerprint density at radius 2 is 1.36 bits per heavy atom. The van der Waals surface area contributed by atoms with Gasteiger partial charge in [-0.2, -0.15) is 10.2 Å². The van der Waals surface area contributed by atoms with Gasteiger partial charge in [-0.3, -0.25) is 4.79 Å². The van der Waals surface area contributed by atoms with E-state index in [0.29, 0.717) is 12.8 Å². The topological polar surface area (TPSA) is 111 Å². The van der Waals surface area contributed by atoms with E-state index in [-0.39, 0.29) is 5.92 Å². The van der Waals surface area contributed by atoms with Gasteiger partial charge in [0.1, 0.15) is 5.54 Å². The zero-order chi connectivity index (χ0) is 23.2. The second-order valence-electron chi connectivity index (χ2n) is 8.41. The number of aliphatic carboxylic acids is 1. The minimum absolute atomic E-state index is 0.0911. The summed E-state index contributed by atoms with van der Waals surface area (Å²) >= 11 is 0. The third-order valence-corrected chi connectivity index (χ3v) is 6.55. The highest BCUT2D eigenvalue weighted by Gasteiger charge is 2.47. The van der Waals surface area contributed by atoms with Crippen LogP contribution in [0.3, 0.4) is 0 Å². The summed E-state index contributed by atoms with van der Waals surface area (Å²) in [6, 6.07) is 19.4.